The van der Waals surface area contributed by atoms with E-state index < -0.39 is 11.7 Å². The molecule has 3 N–H and O–H groups in total. The van der Waals surface area contributed by atoms with Crippen LogP contribution in [-0.4, -0.2) is 16.9 Å². The van der Waals surface area contributed by atoms with Gasteiger partial charge in [-0.15, -0.1) is 0 Å². The van der Waals surface area contributed by atoms with Crippen LogP contribution in [-0.2, 0) is 11.3 Å². The summed E-state index contributed by atoms with van der Waals surface area (Å²) in [5.41, 5.74) is 6.50. The fourth-order valence-electron chi connectivity index (χ4n) is 1.60. The summed E-state index contributed by atoms with van der Waals surface area (Å²) in [5.74, 6) is 0.341. The van der Waals surface area contributed by atoms with E-state index in [1.54, 1.807) is 32.9 Å². The molecule has 2 aromatic rings. The highest BCUT2D eigenvalue weighted by atomic mass is 16.6. The summed E-state index contributed by atoms with van der Waals surface area (Å²) in [7, 11) is 0. The number of hydrogen-bond acceptors (Lipinski definition) is 5. The second kappa shape index (κ2) is 4.89. The molecule has 6 heteroatoms. The van der Waals surface area contributed by atoms with Gasteiger partial charge in [-0.2, -0.15) is 0 Å². The SMILES string of the molecule is CC(C)(C)OC(=O)Nc1noc2cc(CN)ccc12. The highest BCUT2D eigenvalue weighted by Crippen LogP contribution is 2.24. The zero-order valence-corrected chi connectivity index (χ0v) is 11.2. The molecule has 1 aromatic heterocycles. The lowest BCUT2D eigenvalue weighted by molar-refractivity contribution is 0.0635. The van der Waals surface area contributed by atoms with Gasteiger partial charge in [-0.05, 0) is 38.5 Å². The van der Waals surface area contributed by atoms with Crippen LogP contribution in [0.4, 0.5) is 10.6 Å². The molecule has 0 aliphatic carbocycles. The van der Waals surface area contributed by atoms with Gasteiger partial charge in [0.2, 0.25) is 0 Å². The Morgan fingerprint density at radius 2 is 2.21 bits per heavy atom. The van der Waals surface area contributed by atoms with Gasteiger partial charge in [-0.25, -0.2) is 4.79 Å². The average molecular weight is 263 g/mol. The summed E-state index contributed by atoms with van der Waals surface area (Å²) in [6.45, 7) is 5.80. The number of nitrogens with one attached hydrogen (secondary N) is 1. The number of ether oxygens (including phenoxy) is 1. The number of aromatic nitrogens is 1. The van der Waals surface area contributed by atoms with E-state index in [-0.39, 0.29) is 0 Å². The largest absolute Gasteiger partial charge is 0.444 e. The Morgan fingerprint density at radius 3 is 2.84 bits per heavy atom. The lowest BCUT2D eigenvalue weighted by Crippen LogP contribution is -2.27. The van der Waals surface area contributed by atoms with Crippen molar-refractivity contribution in [2.24, 2.45) is 5.73 Å². The third-order valence-corrected chi connectivity index (χ3v) is 2.39. The van der Waals surface area contributed by atoms with Gasteiger partial charge in [0.05, 0.1) is 5.39 Å². The molecule has 2 rings (SSSR count). The molecular weight excluding hydrogens is 246 g/mol. The van der Waals surface area contributed by atoms with E-state index in [0.29, 0.717) is 23.3 Å². The van der Waals surface area contributed by atoms with Crippen molar-refractivity contribution in [3.63, 3.8) is 0 Å². The summed E-state index contributed by atoms with van der Waals surface area (Å²) in [6.07, 6.45) is -0.564. The van der Waals surface area contributed by atoms with Gasteiger partial charge in [-0.1, -0.05) is 11.2 Å². The molecule has 1 aromatic carbocycles. The molecule has 0 unspecified atom stereocenters. The Kier molecular flexibility index (Phi) is 3.44. The number of carbonyl (C=O) groups excluding carboxylic acids is 1. The molecule has 0 spiro atoms. The van der Waals surface area contributed by atoms with Crippen molar-refractivity contribution in [1.82, 2.24) is 5.16 Å². The molecule has 0 radical (unpaired) electrons. The first-order valence-corrected chi connectivity index (χ1v) is 5.97. The van der Waals surface area contributed by atoms with Gasteiger partial charge in [0, 0.05) is 6.54 Å². The molecule has 0 bridgehead atoms. The molecule has 6 nitrogen and oxygen atoms in total. The number of hydrogen-bond donors (Lipinski definition) is 2. The molecule has 0 saturated heterocycles. The molecule has 0 fully saturated rings. The molecular formula is C13H17N3O3. The Bertz CT molecular complexity index is 599. The maximum atomic E-state index is 11.7. The maximum Gasteiger partial charge on any atom is 0.413 e. The summed E-state index contributed by atoms with van der Waals surface area (Å²) in [4.78, 5) is 11.7. The highest BCUT2D eigenvalue weighted by Gasteiger charge is 2.18. The molecule has 0 saturated carbocycles. The molecule has 1 heterocycles. The second-order valence-corrected chi connectivity index (χ2v) is 5.19. The first-order chi connectivity index (χ1) is 8.89. The van der Waals surface area contributed by atoms with Crippen molar-refractivity contribution >= 4 is 22.9 Å². The lowest BCUT2D eigenvalue weighted by Gasteiger charge is -2.19. The van der Waals surface area contributed by atoms with Crippen LogP contribution in [0.1, 0.15) is 26.3 Å². The Balaban J connectivity index is 2.20. The van der Waals surface area contributed by atoms with E-state index in [4.69, 9.17) is 15.0 Å². The van der Waals surface area contributed by atoms with E-state index in [2.05, 4.69) is 10.5 Å². The van der Waals surface area contributed by atoms with Crippen molar-refractivity contribution < 1.29 is 14.1 Å². The first kappa shape index (κ1) is 13.4. The van der Waals surface area contributed by atoms with Crippen LogP contribution in [0.2, 0.25) is 0 Å². The number of fused-ring (bicyclic) bond motifs is 1. The van der Waals surface area contributed by atoms with Gasteiger partial charge in [0.15, 0.2) is 11.4 Å². The number of amides is 1. The van der Waals surface area contributed by atoms with Crippen LogP contribution in [0.25, 0.3) is 11.0 Å². The van der Waals surface area contributed by atoms with Gasteiger partial charge >= 0.3 is 6.09 Å². The number of nitrogens with two attached hydrogens (primary N) is 1. The van der Waals surface area contributed by atoms with Gasteiger partial charge in [0.25, 0.3) is 0 Å². The summed E-state index contributed by atoms with van der Waals surface area (Å²) in [5, 5.41) is 7.09. The Hall–Kier alpha value is -2.08. The smallest absolute Gasteiger partial charge is 0.413 e. The molecule has 1 amide bonds. The topological polar surface area (TPSA) is 90.4 Å². The minimum atomic E-state index is -0.564. The third-order valence-electron chi connectivity index (χ3n) is 2.39. The van der Waals surface area contributed by atoms with Crippen LogP contribution in [0.5, 0.6) is 0 Å². The Labute approximate surface area is 110 Å². The number of nitrogens with zero attached hydrogens (tertiary/aromatic N) is 1. The van der Waals surface area contributed by atoms with Gasteiger partial charge < -0.3 is 15.0 Å². The number of benzene rings is 1. The third kappa shape index (κ3) is 3.23. The van der Waals surface area contributed by atoms with E-state index in [1.165, 1.54) is 0 Å². The van der Waals surface area contributed by atoms with E-state index in [0.717, 1.165) is 5.56 Å². The van der Waals surface area contributed by atoms with Crippen LogP contribution in [0, 0.1) is 0 Å². The molecule has 19 heavy (non-hydrogen) atoms. The van der Waals surface area contributed by atoms with Crippen LogP contribution < -0.4 is 11.1 Å². The highest BCUT2D eigenvalue weighted by molar-refractivity contribution is 5.96. The number of anilines is 1. The number of rotatable bonds is 2. The standard InChI is InChI=1S/C13H17N3O3/c1-13(2,3)18-12(17)15-11-9-5-4-8(7-14)6-10(9)19-16-11/h4-6H,7,14H2,1-3H3,(H,15,16,17). The van der Waals surface area contributed by atoms with E-state index in [1.807, 2.05) is 6.07 Å². The normalized spacial score (nSPS) is 11.6. The molecule has 0 aliphatic rings. The monoisotopic (exact) mass is 263 g/mol. The van der Waals surface area contributed by atoms with Crippen molar-refractivity contribution in [3.05, 3.63) is 23.8 Å². The fourth-order valence-corrected chi connectivity index (χ4v) is 1.60. The van der Waals surface area contributed by atoms with E-state index in [9.17, 15) is 4.79 Å². The van der Waals surface area contributed by atoms with Gasteiger partial charge in [-0.3, -0.25) is 5.32 Å². The summed E-state index contributed by atoms with van der Waals surface area (Å²) >= 11 is 0. The van der Waals surface area contributed by atoms with Crippen molar-refractivity contribution in [2.45, 2.75) is 32.9 Å². The zero-order chi connectivity index (χ0) is 14.0. The predicted molar refractivity (Wildman–Crippen MR) is 71.8 cm³/mol. The summed E-state index contributed by atoms with van der Waals surface area (Å²) < 4.78 is 10.3. The fraction of sp³-hybridized carbons (Fsp3) is 0.385. The predicted octanol–water partition coefficient (Wildman–Crippen LogP) is 2.63. The van der Waals surface area contributed by atoms with Crippen LogP contribution in [0.3, 0.4) is 0 Å². The maximum absolute atomic E-state index is 11.7. The molecule has 0 aliphatic heterocycles. The quantitative estimate of drug-likeness (QED) is 0.869. The minimum Gasteiger partial charge on any atom is -0.444 e. The van der Waals surface area contributed by atoms with Crippen LogP contribution in [0.15, 0.2) is 22.7 Å². The van der Waals surface area contributed by atoms with Crippen molar-refractivity contribution in [2.75, 3.05) is 5.32 Å². The summed E-state index contributed by atoms with van der Waals surface area (Å²) in [6, 6.07) is 5.46. The van der Waals surface area contributed by atoms with Crippen LogP contribution >= 0.6 is 0 Å². The first-order valence-electron chi connectivity index (χ1n) is 5.97. The van der Waals surface area contributed by atoms with Crippen molar-refractivity contribution in [1.29, 1.82) is 0 Å². The zero-order valence-electron chi connectivity index (χ0n) is 11.2. The van der Waals surface area contributed by atoms with E-state index >= 15 is 0 Å². The average Bonchev–Trinajstić information content (AvgIpc) is 2.69. The second-order valence-electron chi connectivity index (χ2n) is 5.19. The molecule has 102 valence electrons. The minimum absolute atomic E-state index is 0.341. The van der Waals surface area contributed by atoms with Crippen molar-refractivity contribution in [3.8, 4) is 0 Å². The Morgan fingerprint density at radius 1 is 1.47 bits per heavy atom. The number of carbonyl (C=O) groups is 1. The molecule has 0 atom stereocenters. The van der Waals surface area contributed by atoms with Gasteiger partial charge in [0.1, 0.15) is 5.60 Å². The lowest BCUT2D eigenvalue weighted by atomic mass is 10.1.